The van der Waals surface area contributed by atoms with Crippen LogP contribution in [0.3, 0.4) is 0 Å². The van der Waals surface area contributed by atoms with Crippen molar-refractivity contribution in [1.82, 2.24) is 10.9 Å². The lowest BCUT2D eigenvalue weighted by Gasteiger charge is -2.14. The van der Waals surface area contributed by atoms with E-state index >= 15 is 0 Å². The summed E-state index contributed by atoms with van der Waals surface area (Å²) in [6, 6.07) is 8.60. The van der Waals surface area contributed by atoms with Crippen LogP contribution in [0, 0.1) is 5.92 Å². The number of carbonyl (C=O) groups is 3. The van der Waals surface area contributed by atoms with Crippen LogP contribution in [0.4, 0.5) is 18.0 Å². The number of benzene rings is 1. The minimum atomic E-state index is -5.08. The summed E-state index contributed by atoms with van der Waals surface area (Å²) in [5.74, 6) is -2.89. The SMILES string of the molecule is CC(C)C[C@H](N)C(=O)NNC(=O)OCc1ccccc1.O=C(O)C(F)(F)F. The van der Waals surface area contributed by atoms with Gasteiger partial charge in [-0.1, -0.05) is 44.2 Å². The van der Waals surface area contributed by atoms with Gasteiger partial charge in [-0.15, -0.1) is 0 Å². The molecular formula is C16H22F3N3O5. The van der Waals surface area contributed by atoms with Gasteiger partial charge in [0.1, 0.15) is 6.61 Å². The molecule has 0 saturated carbocycles. The van der Waals surface area contributed by atoms with Crippen LogP contribution in [0.2, 0.25) is 0 Å². The van der Waals surface area contributed by atoms with Crippen LogP contribution in [0.1, 0.15) is 25.8 Å². The molecule has 0 bridgehead atoms. The Morgan fingerprint density at radius 2 is 1.67 bits per heavy atom. The Morgan fingerprint density at radius 3 is 2.11 bits per heavy atom. The molecule has 0 spiro atoms. The molecule has 27 heavy (non-hydrogen) atoms. The van der Waals surface area contributed by atoms with Crippen molar-refractivity contribution in [1.29, 1.82) is 0 Å². The van der Waals surface area contributed by atoms with Crippen LogP contribution in [0.5, 0.6) is 0 Å². The molecule has 0 aliphatic rings. The first-order valence-corrected chi connectivity index (χ1v) is 7.75. The Morgan fingerprint density at radius 1 is 1.15 bits per heavy atom. The van der Waals surface area contributed by atoms with Crippen LogP contribution < -0.4 is 16.6 Å². The number of aliphatic carboxylic acids is 1. The molecular weight excluding hydrogens is 371 g/mol. The minimum absolute atomic E-state index is 0.139. The zero-order valence-corrected chi connectivity index (χ0v) is 14.7. The maximum absolute atomic E-state index is 11.6. The number of amides is 2. The van der Waals surface area contributed by atoms with Crippen molar-refractivity contribution in [3.63, 3.8) is 0 Å². The molecule has 0 heterocycles. The van der Waals surface area contributed by atoms with Gasteiger partial charge in [-0.3, -0.25) is 10.2 Å². The highest BCUT2D eigenvalue weighted by atomic mass is 19.4. The second kappa shape index (κ2) is 11.7. The van der Waals surface area contributed by atoms with E-state index in [0.29, 0.717) is 12.3 Å². The molecule has 8 nitrogen and oxygen atoms in total. The van der Waals surface area contributed by atoms with Gasteiger partial charge in [-0.2, -0.15) is 13.2 Å². The first-order chi connectivity index (χ1) is 12.4. The normalized spacial score (nSPS) is 11.7. The van der Waals surface area contributed by atoms with Crippen molar-refractivity contribution in [3.8, 4) is 0 Å². The molecule has 0 unspecified atom stereocenters. The van der Waals surface area contributed by atoms with Gasteiger partial charge in [-0.25, -0.2) is 15.0 Å². The fourth-order valence-electron chi connectivity index (χ4n) is 1.58. The number of halogens is 3. The van der Waals surface area contributed by atoms with E-state index in [2.05, 4.69) is 10.9 Å². The van der Waals surface area contributed by atoms with Crippen LogP contribution in [0.25, 0.3) is 0 Å². The predicted octanol–water partition coefficient (Wildman–Crippen LogP) is 1.95. The molecule has 5 N–H and O–H groups in total. The summed E-state index contributed by atoms with van der Waals surface area (Å²) in [6.07, 6.45) is -5.26. The summed E-state index contributed by atoms with van der Waals surface area (Å²) in [4.78, 5) is 31.8. The van der Waals surface area contributed by atoms with Gasteiger partial charge in [0.15, 0.2) is 0 Å². The van der Waals surface area contributed by atoms with Gasteiger partial charge >= 0.3 is 18.2 Å². The number of alkyl halides is 3. The number of nitrogens with two attached hydrogens (primary N) is 1. The largest absolute Gasteiger partial charge is 0.490 e. The highest BCUT2D eigenvalue weighted by Crippen LogP contribution is 2.13. The lowest BCUT2D eigenvalue weighted by Crippen LogP contribution is -2.49. The van der Waals surface area contributed by atoms with Crippen LogP contribution >= 0.6 is 0 Å². The second-order valence-corrected chi connectivity index (χ2v) is 5.71. The molecule has 11 heteroatoms. The third-order valence-corrected chi connectivity index (χ3v) is 2.81. The summed E-state index contributed by atoms with van der Waals surface area (Å²) in [5.41, 5.74) is 10.9. The molecule has 1 aromatic carbocycles. The topological polar surface area (TPSA) is 131 Å². The number of carbonyl (C=O) groups excluding carboxylic acids is 2. The fourth-order valence-corrected chi connectivity index (χ4v) is 1.58. The molecule has 1 atom stereocenters. The van der Waals surface area contributed by atoms with E-state index in [1.54, 1.807) is 0 Å². The molecule has 0 aromatic heterocycles. The molecule has 0 fully saturated rings. The van der Waals surface area contributed by atoms with E-state index in [0.717, 1.165) is 5.56 Å². The number of nitrogens with one attached hydrogen (secondary N) is 2. The quantitative estimate of drug-likeness (QED) is 0.566. The van der Waals surface area contributed by atoms with Crippen molar-refractivity contribution in [2.24, 2.45) is 11.7 Å². The number of hydrogen-bond donors (Lipinski definition) is 4. The number of ether oxygens (including phenoxy) is 1. The Hall–Kier alpha value is -2.82. The maximum Gasteiger partial charge on any atom is 0.490 e. The molecule has 0 aliphatic heterocycles. The number of rotatable bonds is 5. The standard InChI is InChI=1S/C14H21N3O3.C2HF3O2/c1-10(2)8-12(15)13(18)16-17-14(19)20-9-11-6-4-3-5-7-11;3-2(4,5)1(6)7/h3-7,10,12H,8-9,15H2,1-2H3,(H,16,18)(H,17,19);(H,6,7)/t12-;/m0./s1. The van der Waals surface area contributed by atoms with Crippen LogP contribution in [-0.4, -0.2) is 35.3 Å². The van der Waals surface area contributed by atoms with Gasteiger partial charge in [0.25, 0.3) is 5.91 Å². The highest BCUT2D eigenvalue weighted by molar-refractivity contribution is 5.83. The van der Waals surface area contributed by atoms with Gasteiger partial charge in [0.2, 0.25) is 0 Å². The number of carboxylic acids is 1. The minimum Gasteiger partial charge on any atom is -0.475 e. The van der Waals surface area contributed by atoms with E-state index in [4.69, 9.17) is 20.4 Å². The highest BCUT2D eigenvalue weighted by Gasteiger charge is 2.38. The summed E-state index contributed by atoms with van der Waals surface area (Å²) in [6.45, 7) is 4.07. The Bertz CT molecular complexity index is 609. The third kappa shape index (κ3) is 12.2. The van der Waals surface area contributed by atoms with Crippen molar-refractivity contribution in [2.75, 3.05) is 0 Å². The van der Waals surface area contributed by atoms with Crippen molar-refractivity contribution in [2.45, 2.75) is 39.1 Å². The first-order valence-electron chi connectivity index (χ1n) is 7.75. The summed E-state index contributed by atoms with van der Waals surface area (Å²) < 4.78 is 36.7. The van der Waals surface area contributed by atoms with E-state index < -0.39 is 30.2 Å². The summed E-state index contributed by atoms with van der Waals surface area (Å²) in [5, 5.41) is 7.12. The zero-order chi connectivity index (χ0) is 21.0. The van der Waals surface area contributed by atoms with E-state index in [1.807, 2.05) is 44.2 Å². The third-order valence-electron chi connectivity index (χ3n) is 2.81. The molecule has 0 saturated heterocycles. The summed E-state index contributed by atoms with van der Waals surface area (Å²) >= 11 is 0. The Kier molecular flexibility index (Phi) is 10.5. The molecule has 1 aromatic rings. The van der Waals surface area contributed by atoms with Gasteiger partial charge < -0.3 is 15.6 Å². The smallest absolute Gasteiger partial charge is 0.475 e. The predicted molar refractivity (Wildman–Crippen MR) is 89.0 cm³/mol. The van der Waals surface area contributed by atoms with Crippen molar-refractivity contribution >= 4 is 18.0 Å². The second-order valence-electron chi connectivity index (χ2n) is 5.71. The lowest BCUT2D eigenvalue weighted by atomic mass is 10.0. The molecule has 0 radical (unpaired) electrons. The van der Waals surface area contributed by atoms with Gasteiger partial charge in [-0.05, 0) is 17.9 Å². The van der Waals surface area contributed by atoms with Crippen molar-refractivity contribution < 1.29 is 37.4 Å². The molecule has 2 amide bonds. The van der Waals surface area contributed by atoms with E-state index in [9.17, 15) is 22.8 Å². The molecule has 1 rings (SSSR count). The van der Waals surface area contributed by atoms with Gasteiger partial charge in [0.05, 0.1) is 6.04 Å². The number of hydrogen-bond acceptors (Lipinski definition) is 5. The van der Waals surface area contributed by atoms with E-state index in [-0.39, 0.29) is 6.61 Å². The number of carboxylic acid groups (broad SMARTS) is 1. The maximum atomic E-state index is 11.6. The van der Waals surface area contributed by atoms with E-state index in [1.165, 1.54) is 0 Å². The average Bonchev–Trinajstić information content (AvgIpc) is 2.57. The average molecular weight is 393 g/mol. The fraction of sp³-hybridized carbons (Fsp3) is 0.438. The van der Waals surface area contributed by atoms with Crippen LogP contribution in [0.15, 0.2) is 30.3 Å². The monoisotopic (exact) mass is 393 g/mol. The lowest BCUT2D eigenvalue weighted by molar-refractivity contribution is -0.192. The number of hydrazine groups is 1. The zero-order valence-electron chi connectivity index (χ0n) is 14.7. The Balaban J connectivity index is 0.000000821. The summed E-state index contributed by atoms with van der Waals surface area (Å²) in [7, 11) is 0. The van der Waals surface area contributed by atoms with Crippen molar-refractivity contribution in [3.05, 3.63) is 35.9 Å². The molecule has 0 aliphatic carbocycles. The molecule has 152 valence electrons. The van der Waals surface area contributed by atoms with Gasteiger partial charge in [0, 0.05) is 0 Å². The van der Waals surface area contributed by atoms with Crippen LogP contribution in [-0.2, 0) is 20.9 Å². The Labute approximate surface area is 153 Å². The first kappa shape index (κ1) is 24.2.